The number of aliphatic hydroxyl groups is 4. The van der Waals surface area contributed by atoms with Crippen molar-refractivity contribution in [3.05, 3.63) is 58.2 Å². The Morgan fingerprint density at radius 3 is 1.87 bits per heavy atom. The van der Waals surface area contributed by atoms with E-state index in [2.05, 4.69) is 6.92 Å². The highest BCUT2D eigenvalue weighted by Crippen LogP contribution is 2.58. The molecule has 368 valence electrons. The van der Waals surface area contributed by atoms with Gasteiger partial charge in [-0.05, 0) is 88.2 Å². The summed E-state index contributed by atoms with van der Waals surface area (Å²) in [6.07, 6.45) is -0.297. The van der Waals surface area contributed by atoms with Gasteiger partial charge in [-0.1, -0.05) is 69.9 Å². The van der Waals surface area contributed by atoms with Crippen LogP contribution >= 0.6 is 0 Å². The van der Waals surface area contributed by atoms with Gasteiger partial charge in [0.1, 0.15) is 16.8 Å². The second-order valence-electron chi connectivity index (χ2n) is 20.0. The first-order valence-corrected chi connectivity index (χ1v) is 23.2. The molecule has 6 aliphatic rings. The molecule has 67 heavy (non-hydrogen) atoms. The van der Waals surface area contributed by atoms with Gasteiger partial charge in [0.2, 0.25) is 0 Å². The van der Waals surface area contributed by atoms with Crippen LogP contribution in [-0.4, -0.2) is 120 Å². The quantitative estimate of drug-likeness (QED) is 0.130. The Morgan fingerprint density at radius 2 is 1.28 bits per heavy atom. The predicted molar refractivity (Wildman–Crippen MR) is 235 cm³/mol. The van der Waals surface area contributed by atoms with Crippen molar-refractivity contribution in [1.82, 2.24) is 0 Å². The molecule has 2 saturated carbocycles. The molecular formula is C50H66O17. The van der Waals surface area contributed by atoms with E-state index in [1.807, 2.05) is 30.3 Å². The lowest BCUT2D eigenvalue weighted by Gasteiger charge is -2.41. The van der Waals surface area contributed by atoms with E-state index in [-0.39, 0.29) is 49.2 Å². The largest absolute Gasteiger partial charge is 0.459 e. The maximum Gasteiger partial charge on any atom is 0.341 e. The lowest BCUT2D eigenvalue weighted by Crippen LogP contribution is -2.64. The van der Waals surface area contributed by atoms with E-state index >= 15 is 0 Å². The summed E-state index contributed by atoms with van der Waals surface area (Å²) in [4.78, 5) is 88.1. The summed E-state index contributed by atoms with van der Waals surface area (Å²) in [6.45, 7) is 15.1. The number of hydrogen-bond acceptors (Lipinski definition) is 17. The maximum absolute atomic E-state index is 13.4. The number of carbonyl (C=O) groups excluding carboxylic acids is 7. The van der Waals surface area contributed by atoms with Crippen molar-refractivity contribution in [2.45, 2.75) is 192 Å². The molecule has 0 spiro atoms. The van der Waals surface area contributed by atoms with Crippen molar-refractivity contribution >= 4 is 41.4 Å². The summed E-state index contributed by atoms with van der Waals surface area (Å²) < 4.78 is 34.3. The van der Waals surface area contributed by atoms with Gasteiger partial charge in [-0.25, -0.2) is 9.59 Å². The minimum Gasteiger partial charge on any atom is -0.459 e. The third-order valence-corrected chi connectivity index (χ3v) is 15.2. The molecule has 7 rings (SSSR count). The van der Waals surface area contributed by atoms with Crippen molar-refractivity contribution in [2.24, 2.45) is 17.8 Å². The van der Waals surface area contributed by atoms with Gasteiger partial charge in [-0.3, -0.25) is 24.0 Å². The lowest BCUT2D eigenvalue weighted by atomic mass is 9.71. The molecule has 13 atom stereocenters. The minimum absolute atomic E-state index is 0.00777. The summed E-state index contributed by atoms with van der Waals surface area (Å²) in [5, 5.41) is 45.8. The van der Waals surface area contributed by atoms with Gasteiger partial charge >= 0.3 is 29.8 Å². The third kappa shape index (κ3) is 8.68. The van der Waals surface area contributed by atoms with E-state index in [0.29, 0.717) is 17.6 Å². The van der Waals surface area contributed by atoms with Crippen LogP contribution in [0.2, 0.25) is 0 Å². The molecule has 2 aliphatic heterocycles. The fraction of sp³-hybridized carbons (Fsp3) is 0.660. The van der Waals surface area contributed by atoms with Crippen molar-refractivity contribution in [1.29, 1.82) is 0 Å². The van der Waals surface area contributed by atoms with Crippen LogP contribution in [0.4, 0.5) is 0 Å². The van der Waals surface area contributed by atoms with Crippen LogP contribution in [-0.2, 0) is 68.6 Å². The standard InChI is InChI=1S/C26H38O9.C24H28O8/c1-7-8-9-10-11-12-17(28)33-21-19-18(15(3)20(21)29)22-26(32,25(6,31)23(30)34-22)14(2)13-24(19,5)35-16(4)27;1-13-17(26)10-16-19(13)20-24(29,23(4,28)21(27)31-20)18(11-22(16,3)32-14(2)25)30-12-15-8-6-5-7-9-15/h14,19,21-22,31-32H,7-13H2,1-6H3;5-9,16,18,20,28-29H,10-12H2,1-4H3/t14-,19-,21+,22+,24+,25-,26-;16-,18+,20-,22-,23+,24+/m10/s1. The van der Waals surface area contributed by atoms with Crippen molar-refractivity contribution in [3.8, 4) is 0 Å². The molecule has 0 amide bonds. The van der Waals surface area contributed by atoms with E-state index in [0.717, 1.165) is 31.2 Å². The van der Waals surface area contributed by atoms with E-state index < -0.39 is 111 Å². The van der Waals surface area contributed by atoms with Gasteiger partial charge in [0.25, 0.3) is 0 Å². The zero-order chi connectivity index (χ0) is 49.8. The molecule has 4 fully saturated rings. The molecule has 17 heteroatoms. The second-order valence-corrected chi connectivity index (χ2v) is 20.0. The van der Waals surface area contributed by atoms with Gasteiger partial charge in [-0.2, -0.15) is 0 Å². The van der Waals surface area contributed by atoms with E-state index in [9.17, 15) is 54.0 Å². The van der Waals surface area contributed by atoms with Gasteiger partial charge in [-0.15, -0.1) is 0 Å². The van der Waals surface area contributed by atoms with E-state index in [1.54, 1.807) is 27.7 Å². The van der Waals surface area contributed by atoms with E-state index in [1.165, 1.54) is 34.6 Å². The molecule has 1 aromatic rings. The topological polar surface area (TPSA) is 256 Å². The molecule has 17 nitrogen and oxygen atoms in total. The number of benzene rings is 1. The number of unbranched alkanes of at least 4 members (excludes halogenated alkanes) is 4. The molecular weight excluding hydrogens is 873 g/mol. The Kier molecular flexibility index (Phi) is 14.3. The predicted octanol–water partition coefficient (Wildman–Crippen LogP) is 4.15. The summed E-state index contributed by atoms with van der Waals surface area (Å²) in [5.74, 6) is -6.77. The first-order chi connectivity index (χ1) is 31.1. The van der Waals surface area contributed by atoms with Gasteiger partial charge in [0.15, 0.2) is 46.7 Å². The zero-order valence-electron chi connectivity index (χ0n) is 40.1. The number of ketones is 2. The Balaban J connectivity index is 0.000000222. The number of hydrogen-bond donors (Lipinski definition) is 4. The van der Waals surface area contributed by atoms with Crippen molar-refractivity contribution in [2.75, 3.05) is 0 Å². The fourth-order valence-electron chi connectivity index (χ4n) is 11.6. The molecule has 1 aromatic carbocycles. The van der Waals surface area contributed by atoms with Crippen LogP contribution in [0.1, 0.15) is 133 Å². The highest BCUT2D eigenvalue weighted by molar-refractivity contribution is 6.04. The van der Waals surface area contributed by atoms with Crippen molar-refractivity contribution in [3.63, 3.8) is 0 Å². The Labute approximate surface area is 390 Å². The summed E-state index contributed by atoms with van der Waals surface area (Å²) in [6, 6.07) is 9.23. The minimum atomic E-state index is -2.30. The molecule has 4 N–H and O–H groups in total. The number of Topliss-reactive ketones (excluding diaryl/α,β-unsaturated/α-hetero) is 2. The van der Waals surface area contributed by atoms with Gasteiger partial charge in [0.05, 0.1) is 18.6 Å². The second kappa shape index (κ2) is 18.6. The van der Waals surface area contributed by atoms with E-state index in [4.69, 9.17) is 28.4 Å². The Hall–Kier alpha value is -4.81. The number of fused-ring (bicyclic) bond motifs is 6. The summed E-state index contributed by atoms with van der Waals surface area (Å²) >= 11 is 0. The number of rotatable bonds is 12. The first kappa shape index (κ1) is 51.6. The molecule has 0 radical (unpaired) electrons. The highest BCUT2D eigenvalue weighted by Gasteiger charge is 2.75. The van der Waals surface area contributed by atoms with Gasteiger partial charge < -0.3 is 48.8 Å². The first-order valence-electron chi connectivity index (χ1n) is 23.2. The lowest BCUT2D eigenvalue weighted by molar-refractivity contribution is -0.210. The fourth-order valence-corrected chi connectivity index (χ4v) is 11.6. The van der Waals surface area contributed by atoms with Gasteiger partial charge in [0, 0.05) is 39.0 Å². The Morgan fingerprint density at radius 1 is 0.731 bits per heavy atom. The van der Waals surface area contributed by atoms with Crippen molar-refractivity contribution < 1.29 is 82.4 Å². The van der Waals surface area contributed by atoms with Crippen LogP contribution in [0.25, 0.3) is 0 Å². The number of allylic oxidation sites excluding steroid dienone is 1. The summed E-state index contributed by atoms with van der Waals surface area (Å²) in [7, 11) is 0. The van der Waals surface area contributed by atoms with Crippen LogP contribution in [0.15, 0.2) is 52.6 Å². The maximum atomic E-state index is 13.4. The average Bonchev–Trinajstić information content (AvgIpc) is 3.77. The van der Waals surface area contributed by atoms with Crippen LogP contribution in [0, 0.1) is 17.8 Å². The zero-order valence-corrected chi connectivity index (χ0v) is 40.1. The number of carbonyl (C=O) groups is 7. The number of ether oxygens (including phenoxy) is 6. The molecule has 4 aliphatic carbocycles. The summed E-state index contributed by atoms with van der Waals surface area (Å²) in [5.41, 5.74) is -9.52. The normalized spacial score (nSPS) is 38.6. The molecule has 0 aromatic heterocycles. The molecule has 2 saturated heterocycles. The van der Waals surface area contributed by atoms with Crippen LogP contribution in [0.3, 0.4) is 0 Å². The highest BCUT2D eigenvalue weighted by atomic mass is 16.6. The number of esters is 5. The molecule has 2 heterocycles. The SMILES string of the molecule is CC(=O)O[C@@]1(C)C[C@@H](OCc2ccccc2)[C@@]2(O)[C@@H](OC(=O)[C@@]2(C)O)C2=C(C)C(=O)C[C@@H]21.CCCCCCCC(=O)O[C@@H]1C(=O)C(C)=C2[C@H]1[C@@](C)(OC(C)=O)C[C@@H](C)[C@@]1(O)[C@H]2OC(=O)[C@@]1(C)O. The smallest absolute Gasteiger partial charge is 0.341 e. The van der Waals surface area contributed by atoms with Crippen LogP contribution in [0.5, 0.6) is 0 Å². The average molecular weight is 939 g/mol. The van der Waals surface area contributed by atoms with Crippen LogP contribution < -0.4 is 0 Å². The monoisotopic (exact) mass is 938 g/mol. The molecule has 0 bridgehead atoms. The third-order valence-electron chi connectivity index (χ3n) is 15.2. The molecule has 0 unspecified atom stereocenters. The Bertz CT molecular complexity index is 2240.